The second kappa shape index (κ2) is 8.58. The first-order valence-corrected chi connectivity index (χ1v) is 7.52. The first-order valence-electron chi connectivity index (χ1n) is 7.52. The lowest BCUT2D eigenvalue weighted by Crippen LogP contribution is -2.25. The van der Waals surface area contributed by atoms with E-state index in [9.17, 15) is 4.79 Å². The second-order valence-electron chi connectivity index (χ2n) is 5.02. The van der Waals surface area contributed by atoms with Gasteiger partial charge >= 0.3 is 0 Å². The molecule has 120 valence electrons. The first kappa shape index (κ1) is 16.5. The van der Waals surface area contributed by atoms with Gasteiger partial charge in [0.15, 0.2) is 0 Å². The second-order valence-corrected chi connectivity index (χ2v) is 5.02. The molecule has 0 aliphatic carbocycles. The third-order valence-electron chi connectivity index (χ3n) is 3.07. The highest BCUT2D eigenvalue weighted by Gasteiger charge is 1.99. The van der Waals surface area contributed by atoms with Crippen LogP contribution in [0.25, 0.3) is 0 Å². The number of aryl methyl sites for hydroxylation is 1. The number of hydrazone groups is 1. The molecule has 1 amide bonds. The fourth-order valence-electron chi connectivity index (χ4n) is 1.97. The zero-order chi connectivity index (χ0) is 16.5. The van der Waals surface area contributed by atoms with E-state index in [1.807, 2.05) is 62.4 Å². The summed E-state index contributed by atoms with van der Waals surface area (Å²) in [4.78, 5) is 11.7. The van der Waals surface area contributed by atoms with Gasteiger partial charge in [0.05, 0.1) is 19.4 Å². The molecule has 2 N–H and O–H groups in total. The van der Waals surface area contributed by atoms with E-state index in [1.165, 1.54) is 0 Å². The average molecular weight is 311 g/mol. The van der Waals surface area contributed by atoms with Crippen LogP contribution in [-0.4, -0.2) is 25.3 Å². The van der Waals surface area contributed by atoms with E-state index >= 15 is 0 Å². The van der Waals surface area contributed by atoms with E-state index in [-0.39, 0.29) is 12.5 Å². The molecule has 0 aliphatic heterocycles. The Morgan fingerprint density at radius 2 is 2.00 bits per heavy atom. The molecule has 0 atom stereocenters. The summed E-state index contributed by atoms with van der Waals surface area (Å²) in [6.45, 7) is 4.75. The predicted octanol–water partition coefficient (Wildman–Crippen LogP) is 2.96. The Labute approximate surface area is 136 Å². The topological polar surface area (TPSA) is 62.7 Å². The van der Waals surface area contributed by atoms with Crippen molar-refractivity contribution in [1.82, 2.24) is 5.43 Å². The van der Waals surface area contributed by atoms with Crippen molar-refractivity contribution in [3.05, 3.63) is 59.7 Å². The van der Waals surface area contributed by atoms with Crippen molar-refractivity contribution in [3.63, 3.8) is 0 Å². The fraction of sp³-hybridized carbons (Fsp3) is 0.222. The van der Waals surface area contributed by atoms with Crippen molar-refractivity contribution in [2.24, 2.45) is 5.10 Å². The summed E-state index contributed by atoms with van der Waals surface area (Å²) < 4.78 is 5.36. The van der Waals surface area contributed by atoms with Gasteiger partial charge in [-0.3, -0.25) is 4.79 Å². The standard InChI is InChI=1S/C18H21N3O2/c1-3-23-17-9-7-15(8-10-17)12-20-21-18(22)13-19-16-6-4-5-14(2)11-16/h4-12,19H,3,13H2,1-2H3,(H,21,22)/b20-12-. The quantitative estimate of drug-likeness (QED) is 0.610. The molecule has 5 heteroatoms. The Kier molecular flexibility index (Phi) is 6.17. The van der Waals surface area contributed by atoms with Gasteiger partial charge in [-0.1, -0.05) is 12.1 Å². The smallest absolute Gasteiger partial charge is 0.259 e. The van der Waals surface area contributed by atoms with Crippen LogP contribution in [0.4, 0.5) is 5.69 Å². The van der Waals surface area contributed by atoms with Gasteiger partial charge in [-0.15, -0.1) is 0 Å². The maximum absolute atomic E-state index is 11.7. The first-order chi connectivity index (χ1) is 11.2. The molecule has 0 unspecified atom stereocenters. The van der Waals surface area contributed by atoms with E-state index in [1.54, 1.807) is 6.21 Å². The van der Waals surface area contributed by atoms with Gasteiger partial charge in [0, 0.05) is 5.69 Å². The van der Waals surface area contributed by atoms with E-state index < -0.39 is 0 Å². The monoisotopic (exact) mass is 311 g/mol. The van der Waals surface area contributed by atoms with Crippen LogP contribution in [0.2, 0.25) is 0 Å². The number of benzene rings is 2. The van der Waals surface area contributed by atoms with Crippen LogP contribution in [0.5, 0.6) is 5.75 Å². The molecule has 0 aromatic heterocycles. The van der Waals surface area contributed by atoms with Gasteiger partial charge in [-0.05, 0) is 61.4 Å². The van der Waals surface area contributed by atoms with Gasteiger partial charge in [-0.2, -0.15) is 5.10 Å². The number of nitrogens with zero attached hydrogens (tertiary/aromatic N) is 1. The van der Waals surface area contributed by atoms with E-state index in [2.05, 4.69) is 15.8 Å². The molecule has 0 spiro atoms. The minimum absolute atomic E-state index is 0.171. The normalized spacial score (nSPS) is 10.5. The summed E-state index contributed by atoms with van der Waals surface area (Å²) in [5, 5.41) is 6.99. The molecular weight excluding hydrogens is 290 g/mol. The van der Waals surface area contributed by atoms with Crippen LogP contribution in [0.15, 0.2) is 53.6 Å². The molecule has 23 heavy (non-hydrogen) atoms. The van der Waals surface area contributed by atoms with Crippen LogP contribution in [0, 0.1) is 6.92 Å². The summed E-state index contributed by atoms with van der Waals surface area (Å²) >= 11 is 0. The molecule has 0 heterocycles. The van der Waals surface area contributed by atoms with E-state index in [0.717, 1.165) is 22.6 Å². The number of hydrogen-bond donors (Lipinski definition) is 2. The highest BCUT2D eigenvalue weighted by Crippen LogP contribution is 2.10. The van der Waals surface area contributed by atoms with Crippen LogP contribution < -0.4 is 15.5 Å². The lowest BCUT2D eigenvalue weighted by atomic mass is 10.2. The van der Waals surface area contributed by atoms with Gasteiger partial charge in [0.2, 0.25) is 0 Å². The molecular formula is C18H21N3O2. The third-order valence-corrected chi connectivity index (χ3v) is 3.07. The molecule has 2 rings (SSSR count). The molecule has 0 fully saturated rings. The molecule has 5 nitrogen and oxygen atoms in total. The number of anilines is 1. The van der Waals surface area contributed by atoms with Gasteiger partial charge < -0.3 is 10.1 Å². The zero-order valence-electron chi connectivity index (χ0n) is 13.4. The molecule has 2 aromatic rings. The Hall–Kier alpha value is -2.82. The van der Waals surface area contributed by atoms with Gasteiger partial charge in [-0.25, -0.2) is 5.43 Å². The largest absolute Gasteiger partial charge is 0.494 e. The predicted molar refractivity (Wildman–Crippen MR) is 93.0 cm³/mol. The van der Waals surface area contributed by atoms with Crippen molar-refractivity contribution in [2.75, 3.05) is 18.5 Å². The maximum atomic E-state index is 11.7. The summed E-state index contributed by atoms with van der Waals surface area (Å²) in [5.41, 5.74) is 5.44. The van der Waals surface area contributed by atoms with Gasteiger partial charge in [0.1, 0.15) is 5.75 Å². The van der Waals surface area contributed by atoms with Crippen molar-refractivity contribution in [3.8, 4) is 5.75 Å². The molecule has 0 bridgehead atoms. The molecule has 0 aliphatic rings. The van der Waals surface area contributed by atoms with Crippen molar-refractivity contribution in [2.45, 2.75) is 13.8 Å². The summed E-state index contributed by atoms with van der Waals surface area (Å²) in [7, 11) is 0. The fourth-order valence-corrected chi connectivity index (χ4v) is 1.97. The summed E-state index contributed by atoms with van der Waals surface area (Å²) in [6.07, 6.45) is 1.60. The highest BCUT2D eigenvalue weighted by atomic mass is 16.5. The third kappa shape index (κ3) is 5.82. The number of rotatable bonds is 7. The highest BCUT2D eigenvalue weighted by molar-refractivity contribution is 5.84. The maximum Gasteiger partial charge on any atom is 0.259 e. The molecule has 2 aromatic carbocycles. The Balaban J connectivity index is 1.77. The zero-order valence-corrected chi connectivity index (χ0v) is 13.4. The molecule has 0 saturated carbocycles. The van der Waals surface area contributed by atoms with Crippen LogP contribution in [0.1, 0.15) is 18.1 Å². The number of ether oxygens (including phenoxy) is 1. The Morgan fingerprint density at radius 1 is 1.22 bits per heavy atom. The number of nitrogens with one attached hydrogen (secondary N) is 2. The number of carbonyl (C=O) groups excluding carboxylic acids is 1. The summed E-state index contributed by atoms with van der Waals surface area (Å²) in [5.74, 6) is 0.615. The molecule has 0 radical (unpaired) electrons. The number of carbonyl (C=O) groups is 1. The van der Waals surface area contributed by atoms with Crippen molar-refractivity contribution in [1.29, 1.82) is 0 Å². The molecule has 0 saturated heterocycles. The summed E-state index contributed by atoms with van der Waals surface area (Å²) in [6, 6.07) is 15.3. The lowest BCUT2D eigenvalue weighted by Gasteiger charge is -2.05. The van der Waals surface area contributed by atoms with Crippen LogP contribution in [-0.2, 0) is 4.79 Å². The van der Waals surface area contributed by atoms with Crippen molar-refractivity contribution < 1.29 is 9.53 Å². The SMILES string of the molecule is CCOc1ccc(/C=N\NC(=O)CNc2cccc(C)c2)cc1. The number of amides is 1. The minimum atomic E-state index is -0.200. The van der Waals surface area contributed by atoms with E-state index in [0.29, 0.717) is 6.61 Å². The Morgan fingerprint density at radius 3 is 2.70 bits per heavy atom. The lowest BCUT2D eigenvalue weighted by molar-refractivity contribution is -0.119. The average Bonchev–Trinajstić information content (AvgIpc) is 2.55. The number of hydrogen-bond acceptors (Lipinski definition) is 4. The Bertz CT molecular complexity index is 666. The van der Waals surface area contributed by atoms with E-state index in [4.69, 9.17) is 4.74 Å². The minimum Gasteiger partial charge on any atom is -0.494 e. The van der Waals surface area contributed by atoms with Crippen LogP contribution >= 0.6 is 0 Å². The van der Waals surface area contributed by atoms with Gasteiger partial charge in [0.25, 0.3) is 5.91 Å². The van der Waals surface area contributed by atoms with Crippen LogP contribution in [0.3, 0.4) is 0 Å². The van der Waals surface area contributed by atoms with Crippen molar-refractivity contribution >= 4 is 17.8 Å².